The molecular formula is C18H24Cl2N4O. The lowest BCUT2D eigenvalue weighted by Crippen LogP contribution is -2.35. The number of rotatable bonds is 5. The summed E-state index contributed by atoms with van der Waals surface area (Å²) in [6, 6.07) is 8.20. The van der Waals surface area contributed by atoms with Gasteiger partial charge in [-0.1, -0.05) is 23.7 Å². The second-order valence-electron chi connectivity index (χ2n) is 6.25. The van der Waals surface area contributed by atoms with Crippen molar-refractivity contribution in [1.82, 2.24) is 15.1 Å². The Hall–Kier alpha value is -1.56. The minimum Gasteiger partial charge on any atom is -0.312 e. The third-order valence-corrected chi connectivity index (χ3v) is 4.94. The molecule has 0 unspecified atom stereocenters. The Morgan fingerprint density at radius 2 is 1.92 bits per heavy atom. The third-order valence-electron chi connectivity index (χ3n) is 4.47. The average Bonchev–Trinajstić information content (AvgIpc) is 2.82. The monoisotopic (exact) mass is 382 g/mol. The van der Waals surface area contributed by atoms with Gasteiger partial charge in [0.25, 0.3) is 0 Å². The van der Waals surface area contributed by atoms with Crippen molar-refractivity contribution in [3.05, 3.63) is 46.2 Å². The maximum Gasteiger partial charge on any atom is 0.226 e. The first-order valence-electron chi connectivity index (χ1n) is 8.34. The molecule has 0 aliphatic carbocycles. The van der Waals surface area contributed by atoms with Crippen LogP contribution in [0.5, 0.6) is 0 Å². The summed E-state index contributed by atoms with van der Waals surface area (Å²) >= 11 is 6.24. The molecule has 5 nitrogen and oxygen atoms in total. The zero-order valence-corrected chi connectivity index (χ0v) is 16.2. The van der Waals surface area contributed by atoms with Crippen LogP contribution in [-0.2, 0) is 24.9 Å². The summed E-state index contributed by atoms with van der Waals surface area (Å²) in [5.74, 6) is 0.230. The van der Waals surface area contributed by atoms with E-state index >= 15 is 0 Å². The van der Waals surface area contributed by atoms with E-state index in [-0.39, 0.29) is 18.3 Å². The molecule has 2 heterocycles. The van der Waals surface area contributed by atoms with Crippen molar-refractivity contribution in [2.24, 2.45) is 7.05 Å². The van der Waals surface area contributed by atoms with Crippen LogP contribution < -0.4 is 10.2 Å². The van der Waals surface area contributed by atoms with Crippen LogP contribution in [0.25, 0.3) is 0 Å². The first-order valence-corrected chi connectivity index (χ1v) is 8.72. The van der Waals surface area contributed by atoms with Gasteiger partial charge < -0.3 is 10.2 Å². The SMILES string of the molecule is Cc1nn(C)c(Cl)c1CNCc1ccc(N2CCCCC2=O)cc1.Cl. The van der Waals surface area contributed by atoms with E-state index < -0.39 is 0 Å². The second-order valence-corrected chi connectivity index (χ2v) is 6.61. The van der Waals surface area contributed by atoms with E-state index in [1.807, 2.05) is 31.0 Å². The van der Waals surface area contributed by atoms with Gasteiger partial charge in [-0.2, -0.15) is 5.10 Å². The summed E-state index contributed by atoms with van der Waals surface area (Å²) in [6.07, 6.45) is 2.75. The van der Waals surface area contributed by atoms with E-state index in [1.54, 1.807) is 4.68 Å². The Kier molecular flexibility index (Phi) is 6.87. The average molecular weight is 383 g/mol. The Morgan fingerprint density at radius 1 is 1.20 bits per heavy atom. The lowest BCUT2D eigenvalue weighted by molar-refractivity contribution is -0.119. The van der Waals surface area contributed by atoms with Crippen molar-refractivity contribution in [2.45, 2.75) is 39.3 Å². The highest BCUT2D eigenvalue weighted by Crippen LogP contribution is 2.22. The van der Waals surface area contributed by atoms with Gasteiger partial charge >= 0.3 is 0 Å². The Labute approximate surface area is 159 Å². The highest BCUT2D eigenvalue weighted by Gasteiger charge is 2.19. The number of carbonyl (C=O) groups excluding carboxylic acids is 1. The van der Waals surface area contributed by atoms with Gasteiger partial charge in [-0.25, -0.2) is 0 Å². The van der Waals surface area contributed by atoms with Gasteiger partial charge in [0, 0.05) is 44.4 Å². The number of nitrogens with zero attached hydrogens (tertiary/aromatic N) is 3. The van der Waals surface area contributed by atoms with Gasteiger partial charge in [0.1, 0.15) is 5.15 Å². The Balaban J connectivity index is 0.00000225. The summed E-state index contributed by atoms with van der Waals surface area (Å²) in [6.45, 7) is 4.23. The molecule has 3 rings (SSSR count). The van der Waals surface area contributed by atoms with Gasteiger partial charge in [-0.05, 0) is 37.5 Å². The number of benzene rings is 1. The number of aromatic nitrogens is 2. The molecule has 0 atom stereocenters. The topological polar surface area (TPSA) is 50.2 Å². The molecule has 2 aromatic rings. The van der Waals surface area contributed by atoms with Gasteiger partial charge in [0.2, 0.25) is 5.91 Å². The highest BCUT2D eigenvalue weighted by atomic mass is 35.5. The van der Waals surface area contributed by atoms with Crippen LogP contribution in [0.3, 0.4) is 0 Å². The van der Waals surface area contributed by atoms with E-state index in [0.717, 1.165) is 42.9 Å². The van der Waals surface area contributed by atoms with Crippen LogP contribution in [0.1, 0.15) is 36.1 Å². The van der Waals surface area contributed by atoms with Crippen LogP contribution in [0.4, 0.5) is 5.69 Å². The number of piperidine rings is 1. The molecule has 1 aliphatic heterocycles. The summed E-state index contributed by atoms with van der Waals surface area (Å²) < 4.78 is 1.69. The van der Waals surface area contributed by atoms with Crippen LogP contribution >= 0.6 is 24.0 Å². The van der Waals surface area contributed by atoms with E-state index in [0.29, 0.717) is 18.1 Å². The number of nitrogens with one attached hydrogen (secondary N) is 1. The molecule has 1 aromatic carbocycles. The quantitative estimate of drug-likeness (QED) is 0.858. The van der Waals surface area contributed by atoms with Crippen molar-refractivity contribution < 1.29 is 4.79 Å². The fourth-order valence-electron chi connectivity index (χ4n) is 3.08. The normalized spacial score (nSPS) is 14.5. The minimum absolute atomic E-state index is 0. The third kappa shape index (κ3) is 4.54. The molecule has 1 fully saturated rings. The first-order chi connectivity index (χ1) is 11.6. The molecule has 7 heteroatoms. The van der Waals surface area contributed by atoms with Crippen molar-refractivity contribution in [3.63, 3.8) is 0 Å². The second kappa shape index (κ2) is 8.70. The minimum atomic E-state index is 0. The van der Waals surface area contributed by atoms with Crippen LogP contribution in [0, 0.1) is 6.92 Å². The van der Waals surface area contributed by atoms with Crippen LogP contribution in [0.15, 0.2) is 24.3 Å². The molecule has 1 amide bonds. The van der Waals surface area contributed by atoms with E-state index in [1.165, 1.54) is 5.56 Å². The number of aryl methyl sites for hydroxylation is 2. The lowest BCUT2D eigenvalue weighted by Gasteiger charge is -2.26. The van der Waals surface area contributed by atoms with Gasteiger partial charge in [0.15, 0.2) is 0 Å². The molecule has 0 bridgehead atoms. The molecule has 0 radical (unpaired) electrons. The Bertz CT molecular complexity index is 727. The molecule has 1 N–H and O–H groups in total. The van der Waals surface area contributed by atoms with Gasteiger partial charge in [-0.15, -0.1) is 12.4 Å². The molecule has 136 valence electrons. The number of hydrogen-bond acceptors (Lipinski definition) is 3. The number of hydrogen-bond donors (Lipinski definition) is 1. The van der Waals surface area contributed by atoms with Gasteiger partial charge in [0.05, 0.1) is 5.69 Å². The number of anilines is 1. The maximum atomic E-state index is 12.0. The first kappa shape index (κ1) is 19.8. The summed E-state index contributed by atoms with van der Waals surface area (Å²) in [5, 5.41) is 8.40. The van der Waals surface area contributed by atoms with Crippen LogP contribution in [0.2, 0.25) is 5.15 Å². The maximum absolute atomic E-state index is 12.0. The Morgan fingerprint density at radius 3 is 2.52 bits per heavy atom. The standard InChI is InChI=1S/C18H23ClN4O.ClH/c1-13-16(18(19)22(2)21-13)12-20-11-14-6-8-15(9-7-14)23-10-4-3-5-17(23)24;/h6-9,20H,3-5,10-12H2,1-2H3;1H. The van der Waals surface area contributed by atoms with E-state index in [2.05, 4.69) is 22.5 Å². The van der Waals surface area contributed by atoms with Crippen molar-refractivity contribution in [3.8, 4) is 0 Å². The fourth-order valence-corrected chi connectivity index (χ4v) is 3.32. The molecule has 1 aromatic heterocycles. The summed E-state index contributed by atoms with van der Waals surface area (Å²) in [4.78, 5) is 13.9. The molecule has 1 saturated heterocycles. The summed E-state index contributed by atoms with van der Waals surface area (Å²) in [7, 11) is 1.85. The molecular weight excluding hydrogens is 359 g/mol. The van der Waals surface area contributed by atoms with E-state index in [9.17, 15) is 4.79 Å². The zero-order valence-electron chi connectivity index (χ0n) is 14.6. The van der Waals surface area contributed by atoms with Crippen molar-refractivity contribution in [2.75, 3.05) is 11.4 Å². The largest absolute Gasteiger partial charge is 0.312 e. The van der Waals surface area contributed by atoms with Crippen molar-refractivity contribution >= 4 is 35.6 Å². The zero-order chi connectivity index (χ0) is 17.1. The predicted octanol–water partition coefficient (Wildman–Crippen LogP) is 3.61. The molecule has 25 heavy (non-hydrogen) atoms. The smallest absolute Gasteiger partial charge is 0.226 e. The molecule has 1 aliphatic rings. The molecule has 0 saturated carbocycles. The van der Waals surface area contributed by atoms with Crippen molar-refractivity contribution in [1.29, 1.82) is 0 Å². The van der Waals surface area contributed by atoms with Gasteiger partial charge in [-0.3, -0.25) is 9.48 Å². The fraction of sp³-hybridized carbons (Fsp3) is 0.444. The highest BCUT2D eigenvalue weighted by molar-refractivity contribution is 6.30. The number of carbonyl (C=O) groups is 1. The van der Waals surface area contributed by atoms with Crippen LogP contribution in [-0.4, -0.2) is 22.2 Å². The lowest BCUT2D eigenvalue weighted by atomic mass is 10.1. The number of amides is 1. The predicted molar refractivity (Wildman–Crippen MR) is 103 cm³/mol. The van der Waals surface area contributed by atoms with E-state index in [4.69, 9.17) is 11.6 Å². The molecule has 0 spiro atoms. The summed E-state index contributed by atoms with van der Waals surface area (Å²) in [5.41, 5.74) is 4.17. The number of halogens is 2.